The second-order valence-corrected chi connectivity index (χ2v) is 4.77. The fraction of sp³-hybridized carbons (Fsp3) is 0.667. The second kappa shape index (κ2) is 5.86. The molecule has 1 saturated heterocycles. The molecule has 1 aliphatic heterocycles. The van der Waals surface area contributed by atoms with Gasteiger partial charge in [-0.3, -0.25) is 9.89 Å². The van der Waals surface area contributed by atoms with Crippen LogP contribution in [-0.2, 0) is 0 Å². The minimum absolute atomic E-state index is 0.196. The standard InChI is InChI=1S/C12H21N5O/c1-9-10(13)11(16-15-9)12(18)14-5-4-8-17-6-2-3-7-17/h2-8,13H2,1H3,(H,14,18)(H,15,16). The highest BCUT2D eigenvalue weighted by Gasteiger charge is 2.15. The average molecular weight is 251 g/mol. The smallest absolute Gasteiger partial charge is 0.273 e. The number of hydrogen-bond acceptors (Lipinski definition) is 4. The molecule has 1 aliphatic rings. The van der Waals surface area contributed by atoms with Gasteiger partial charge in [-0.2, -0.15) is 5.10 Å². The first-order chi connectivity index (χ1) is 8.68. The summed E-state index contributed by atoms with van der Waals surface area (Å²) in [6.45, 7) is 5.90. The van der Waals surface area contributed by atoms with Gasteiger partial charge in [-0.1, -0.05) is 0 Å². The van der Waals surface area contributed by atoms with E-state index in [1.165, 1.54) is 25.9 Å². The number of rotatable bonds is 5. The molecule has 4 N–H and O–H groups in total. The van der Waals surface area contributed by atoms with Crippen LogP contribution in [0.4, 0.5) is 5.69 Å². The van der Waals surface area contributed by atoms with Crippen molar-refractivity contribution in [3.63, 3.8) is 0 Å². The van der Waals surface area contributed by atoms with E-state index in [1.807, 2.05) is 0 Å². The lowest BCUT2D eigenvalue weighted by atomic mass is 10.3. The van der Waals surface area contributed by atoms with Gasteiger partial charge in [0.15, 0.2) is 5.69 Å². The van der Waals surface area contributed by atoms with Crippen molar-refractivity contribution in [2.75, 3.05) is 31.9 Å². The highest BCUT2D eigenvalue weighted by molar-refractivity contribution is 5.97. The largest absolute Gasteiger partial charge is 0.395 e. The first-order valence-corrected chi connectivity index (χ1v) is 6.49. The molecule has 6 nitrogen and oxygen atoms in total. The van der Waals surface area contributed by atoms with Gasteiger partial charge in [0.25, 0.3) is 5.91 Å². The van der Waals surface area contributed by atoms with Gasteiger partial charge in [-0.05, 0) is 45.8 Å². The van der Waals surface area contributed by atoms with E-state index < -0.39 is 0 Å². The Morgan fingerprint density at radius 2 is 2.22 bits per heavy atom. The van der Waals surface area contributed by atoms with Crippen molar-refractivity contribution in [3.8, 4) is 0 Å². The zero-order valence-electron chi connectivity index (χ0n) is 10.8. The van der Waals surface area contributed by atoms with Crippen LogP contribution in [0, 0.1) is 6.92 Å². The van der Waals surface area contributed by atoms with Crippen molar-refractivity contribution in [1.29, 1.82) is 0 Å². The van der Waals surface area contributed by atoms with Gasteiger partial charge in [0.1, 0.15) is 0 Å². The van der Waals surface area contributed by atoms with Crippen LogP contribution < -0.4 is 11.1 Å². The van der Waals surface area contributed by atoms with Crippen LogP contribution in [0.25, 0.3) is 0 Å². The van der Waals surface area contributed by atoms with Crippen LogP contribution in [0.3, 0.4) is 0 Å². The highest BCUT2D eigenvalue weighted by atomic mass is 16.1. The van der Waals surface area contributed by atoms with E-state index in [4.69, 9.17) is 5.73 Å². The minimum atomic E-state index is -0.196. The summed E-state index contributed by atoms with van der Waals surface area (Å²) < 4.78 is 0. The maximum Gasteiger partial charge on any atom is 0.273 e. The Morgan fingerprint density at radius 3 is 2.83 bits per heavy atom. The number of carbonyl (C=O) groups is 1. The number of nitrogens with two attached hydrogens (primary N) is 1. The number of amides is 1. The van der Waals surface area contributed by atoms with Gasteiger partial charge in [-0.25, -0.2) is 0 Å². The Hall–Kier alpha value is -1.56. The number of hydrogen-bond donors (Lipinski definition) is 3. The van der Waals surface area contributed by atoms with Crippen molar-refractivity contribution >= 4 is 11.6 Å². The molecule has 0 bridgehead atoms. The van der Waals surface area contributed by atoms with Crippen LogP contribution in [0.1, 0.15) is 35.4 Å². The summed E-state index contributed by atoms with van der Waals surface area (Å²) in [6.07, 6.45) is 3.57. The summed E-state index contributed by atoms with van der Waals surface area (Å²) in [5.74, 6) is -0.196. The summed E-state index contributed by atoms with van der Waals surface area (Å²) in [5, 5.41) is 9.46. The van der Waals surface area contributed by atoms with Gasteiger partial charge in [0.2, 0.25) is 0 Å². The molecule has 0 spiro atoms. The molecule has 1 aromatic heterocycles. The van der Waals surface area contributed by atoms with E-state index >= 15 is 0 Å². The summed E-state index contributed by atoms with van der Waals surface area (Å²) in [4.78, 5) is 14.2. The molecule has 0 aliphatic carbocycles. The molecule has 1 amide bonds. The normalized spacial score (nSPS) is 16.1. The summed E-state index contributed by atoms with van der Waals surface area (Å²) in [6, 6.07) is 0. The number of nitrogens with zero attached hydrogens (tertiary/aromatic N) is 2. The lowest BCUT2D eigenvalue weighted by Gasteiger charge is -2.14. The van der Waals surface area contributed by atoms with Crippen LogP contribution in [-0.4, -0.2) is 47.2 Å². The molecule has 1 fully saturated rings. The molecule has 0 unspecified atom stereocenters. The van der Waals surface area contributed by atoms with Crippen molar-refractivity contribution < 1.29 is 4.79 Å². The Morgan fingerprint density at radius 1 is 1.50 bits per heavy atom. The Labute approximate surface area is 107 Å². The molecule has 6 heteroatoms. The van der Waals surface area contributed by atoms with Gasteiger partial charge in [0, 0.05) is 6.54 Å². The number of likely N-dealkylation sites (tertiary alicyclic amines) is 1. The van der Waals surface area contributed by atoms with Gasteiger partial charge < -0.3 is 16.0 Å². The molecule has 2 heterocycles. The Bertz CT molecular complexity index is 409. The molecular weight excluding hydrogens is 230 g/mol. The van der Waals surface area contributed by atoms with E-state index in [9.17, 15) is 4.79 Å². The maximum absolute atomic E-state index is 11.8. The number of nitrogens with one attached hydrogen (secondary N) is 2. The lowest BCUT2D eigenvalue weighted by Crippen LogP contribution is -2.29. The number of nitrogen functional groups attached to an aromatic ring is 1. The summed E-state index contributed by atoms with van der Waals surface area (Å²) in [7, 11) is 0. The quantitative estimate of drug-likeness (QED) is 0.666. The third kappa shape index (κ3) is 3.01. The third-order valence-electron chi connectivity index (χ3n) is 3.34. The SMILES string of the molecule is Cc1[nH]nc(C(=O)NCCCN2CCCC2)c1N. The van der Waals surface area contributed by atoms with Crippen LogP contribution in [0.15, 0.2) is 0 Å². The second-order valence-electron chi connectivity index (χ2n) is 4.77. The van der Waals surface area contributed by atoms with Crippen LogP contribution in [0.2, 0.25) is 0 Å². The maximum atomic E-state index is 11.8. The molecule has 0 aromatic carbocycles. The summed E-state index contributed by atoms with van der Waals surface area (Å²) in [5.41, 5.74) is 7.21. The van der Waals surface area contributed by atoms with Gasteiger partial charge in [0.05, 0.1) is 11.4 Å². The van der Waals surface area contributed by atoms with Crippen LogP contribution in [0.5, 0.6) is 0 Å². The Kier molecular flexibility index (Phi) is 4.19. The Balaban J connectivity index is 1.70. The minimum Gasteiger partial charge on any atom is -0.395 e. The molecule has 2 rings (SSSR count). The monoisotopic (exact) mass is 251 g/mol. The number of H-pyrrole nitrogens is 1. The van der Waals surface area contributed by atoms with E-state index in [0.29, 0.717) is 17.9 Å². The molecule has 0 radical (unpaired) electrons. The van der Waals surface area contributed by atoms with E-state index in [2.05, 4.69) is 20.4 Å². The van der Waals surface area contributed by atoms with E-state index in [0.717, 1.165) is 18.7 Å². The number of aromatic amines is 1. The van der Waals surface area contributed by atoms with Crippen molar-refractivity contribution in [3.05, 3.63) is 11.4 Å². The zero-order valence-corrected chi connectivity index (χ0v) is 10.8. The third-order valence-corrected chi connectivity index (χ3v) is 3.34. The predicted octanol–water partition coefficient (Wildman–Crippen LogP) is 0.516. The van der Waals surface area contributed by atoms with Gasteiger partial charge in [-0.15, -0.1) is 0 Å². The topological polar surface area (TPSA) is 87.0 Å². The fourth-order valence-corrected chi connectivity index (χ4v) is 2.21. The number of anilines is 1. The van der Waals surface area contributed by atoms with Gasteiger partial charge >= 0.3 is 0 Å². The zero-order chi connectivity index (χ0) is 13.0. The first-order valence-electron chi connectivity index (χ1n) is 6.49. The van der Waals surface area contributed by atoms with E-state index in [1.54, 1.807) is 6.92 Å². The molecule has 1 aromatic rings. The lowest BCUT2D eigenvalue weighted by molar-refractivity contribution is 0.0948. The fourth-order valence-electron chi connectivity index (χ4n) is 2.21. The average Bonchev–Trinajstić information content (AvgIpc) is 2.97. The molecule has 0 saturated carbocycles. The molecular formula is C12H21N5O. The van der Waals surface area contributed by atoms with Crippen molar-refractivity contribution in [2.24, 2.45) is 0 Å². The molecule has 18 heavy (non-hydrogen) atoms. The molecule has 0 atom stereocenters. The van der Waals surface area contributed by atoms with Crippen LogP contribution >= 0.6 is 0 Å². The number of aryl methyl sites for hydroxylation is 1. The summed E-state index contributed by atoms with van der Waals surface area (Å²) >= 11 is 0. The highest BCUT2D eigenvalue weighted by Crippen LogP contribution is 2.12. The van der Waals surface area contributed by atoms with Crippen molar-refractivity contribution in [2.45, 2.75) is 26.2 Å². The van der Waals surface area contributed by atoms with Crippen molar-refractivity contribution in [1.82, 2.24) is 20.4 Å². The first kappa shape index (κ1) is 12.9. The molecule has 100 valence electrons. The number of aromatic nitrogens is 2. The van der Waals surface area contributed by atoms with E-state index in [-0.39, 0.29) is 5.91 Å². The number of carbonyl (C=O) groups excluding carboxylic acids is 1. The predicted molar refractivity (Wildman–Crippen MR) is 70.4 cm³/mol.